The minimum Gasteiger partial charge on any atom is -0.504 e. The van der Waals surface area contributed by atoms with Crippen LogP contribution in [-0.2, 0) is 11.3 Å². The monoisotopic (exact) mass is 224 g/mol. The van der Waals surface area contributed by atoms with Crippen molar-refractivity contribution >= 4 is 0 Å². The Bertz CT molecular complexity index is 310. The van der Waals surface area contributed by atoms with Crippen LogP contribution < -0.4 is 0 Å². The van der Waals surface area contributed by atoms with Crippen LogP contribution in [0.15, 0.2) is 18.2 Å². The van der Waals surface area contributed by atoms with Crippen LogP contribution in [0.25, 0.3) is 0 Å². The van der Waals surface area contributed by atoms with Crippen LogP contribution in [0.4, 0.5) is 0 Å². The van der Waals surface area contributed by atoms with E-state index in [0.717, 1.165) is 6.42 Å². The van der Waals surface area contributed by atoms with Gasteiger partial charge in [0.15, 0.2) is 11.5 Å². The highest BCUT2D eigenvalue weighted by molar-refractivity contribution is 5.43. The molecule has 0 fully saturated rings. The summed E-state index contributed by atoms with van der Waals surface area (Å²) in [4.78, 5) is 0. The second-order valence-corrected chi connectivity index (χ2v) is 3.90. The highest BCUT2D eigenvalue weighted by atomic mass is 16.5. The summed E-state index contributed by atoms with van der Waals surface area (Å²) < 4.78 is 5.43. The molecular weight excluding hydrogens is 204 g/mol. The normalized spacial score (nSPS) is 10.6. The molecule has 0 unspecified atom stereocenters. The van der Waals surface area contributed by atoms with Crippen molar-refractivity contribution in [2.75, 3.05) is 6.61 Å². The van der Waals surface area contributed by atoms with Gasteiger partial charge >= 0.3 is 0 Å². The third-order valence-corrected chi connectivity index (χ3v) is 2.50. The van der Waals surface area contributed by atoms with Crippen molar-refractivity contribution in [3.63, 3.8) is 0 Å². The van der Waals surface area contributed by atoms with E-state index in [-0.39, 0.29) is 11.5 Å². The van der Waals surface area contributed by atoms with E-state index in [2.05, 4.69) is 6.92 Å². The van der Waals surface area contributed by atoms with Gasteiger partial charge in [-0.3, -0.25) is 0 Å². The minimum absolute atomic E-state index is 0.0731. The van der Waals surface area contributed by atoms with E-state index in [0.29, 0.717) is 18.8 Å². The number of hydrogen-bond acceptors (Lipinski definition) is 3. The maximum Gasteiger partial charge on any atom is 0.163 e. The van der Waals surface area contributed by atoms with E-state index < -0.39 is 0 Å². The van der Waals surface area contributed by atoms with E-state index in [4.69, 9.17) is 4.74 Å². The standard InChI is InChI=1S/C13H20O3/c1-2-3-4-5-9-16-10-11-7-6-8-12(14)13(11)15/h6-8,14-15H,2-5,9-10H2,1H3. The summed E-state index contributed by atoms with van der Waals surface area (Å²) in [6, 6.07) is 4.91. The minimum atomic E-state index is -0.0907. The molecule has 0 aliphatic carbocycles. The van der Waals surface area contributed by atoms with Gasteiger partial charge in [0.25, 0.3) is 0 Å². The highest BCUT2D eigenvalue weighted by Crippen LogP contribution is 2.28. The van der Waals surface area contributed by atoms with Crippen molar-refractivity contribution in [2.24, 2.45) is 0 Å². The zero-order chi connectivity index (χ0) is 11.8. The SMILES string of the molecule is CCCCCCOCc1cccc(O)c1O. The summed E-state index contributed by atoms with van der Waals surface area (Å²) in [5.74, 6) is -0.164. The average Bonchev–Trinajstić information content (AvgIpc) is 2.29. The van der Waals surface area contributed by atoms with Crippen molar-refractivity contribution in [3.8, 4) is 11.5 Å². The molecule has 0 bridgehead atoms. The Balaban J connectivity index is 2.24. The lowest BCUT2D eigenvalue weighted by Crippen LogP contribution is -1.96. The maximum atomic E-state index is 9.51. The molecule has 0 aliphatic rings. The molecule has 0 amide bonds. The second-order valence-electron chi connectivity index (χ2n) is 3.90. The number of rotatable bonds is 7. The average molecular weight is 224 g/mol. The van der Waals surface area contributed by atoms with Crippen LogP contribution in [0.1, 0.15) is 38.2 Å². The largest absolute Gasteiger partial charge is 0.504 e. The zero-order valence-electron chi connectivity index (χ0n) is 9.78. The molecule has 90 valence electrons. The molecule has 0 saturated heterocycles. The van der Waals surface area contributed by atoms with Crippen molar-refractivity contribution in [3.05, 3.63) is 23.8 Å². The van der Waals surface area contributed by atoms with Crippen LogP contribution in [0.2, 0.25) is 0 Å². The summed E-state index contributed by atoms with van der Waals surface area (Å²) >= 11 is 0. The summed E-state index contributed by atoms with van der Waals surface area (Å²) in [5, 5.41) is 18.8. The van der Waals surface area contributed by atoms with E-state index in [9.17, 15) is 10.2 Å². The predicted molar refractivity (Wildman–Crippen MR) is 63.6 cm³/mol. The van der Waals surface area contributed by atoms with E-state index in [1.54, 1.807) is 12.1 Å². The van der Waals surface area contributed by atoms with Gasteiger partial charge in [-0.15, -0.1) is 0 Å². The quantitative estimate of drug-likeness (QED) is 0.552. The first-order chi connectivity index (χ1) is 7.75. The summed E-state index contributed by atoms with van der Waals surface area (Å²) in [5.41, 5.74) is 0.635. The Morgan fingerprint density at radius 1 is 1.12 bits per heavy atom. The summed E-state index contributed by atoms with van der Waals surface area (Å²) in [7, 11) is 0. The fourth-order valence-corrected chi connectivity index (χ4v) is 1.51. The lowest BCUT2D eigenvalue weighted by Gasteiger charge is -2.07. The maximum absolute atomic E-state index is 9.51. The Hall–Kier alpha value is -1.22. The molecule has 3 nitrogen and oxygen atoms in total. The topological polar surface area (TPSA) is 49.7 Å². The molecule has 0 atom stereocenters. The van der Waals surface area contributed by atoms with Crippen molar-refractivity contribution in [1.82, 2.24) is 0 Å². The van der Waals surface area contributed by atoms with Crippen LogP contribution >= 0.6 is 0 Å². The fraction of sp³-hybridized carbons (Fsp3) is 0.538. The smallest absolute Gasteiger partial charge is 0.163 e. The molecule has 1 aromatic rings. The van der Waals surface area contributed by atoms with E-state index in [1.165, 1.54) is 25.3 Å². The number of benzene rings is 1. The molecular formula is C13H20O3. The number of phenols is 2. The molecule has 0 aromatic heterocycles. The van der Waals surface area contributed by atoms with Crippen LogP contribution in [0.5, 0.6) is 11.5 Å². The number of phenolic OH excluding ortho intramolecular Hbond substituents is 2. The first-order valence-electron chi connectivity index (χ1n) is 5.83. The second kappa shape index (κ2) is 7.12. The number of unbranched alkanes of at least 4 members (excludes halogenated alkanes) is 3. The molecule has 0 aliphatic heterocycles. The van der Waals surface area contributed by atoms with Crippen LogP contribution in [-0.4, -0.2) is 16.8 Å². The van der Waals surface area contributed by atoms with Crippen molar-refractivity contribution in [2.45, 2.75) is 39.2 Å². The molecule has 3 heteroatoms. The van der Waals surface area contributed by atoms with Gasteiger partial charge in [-0.1, -0.05) is 38.3 Å². The number of hydrogen-bond donors (Lipinski definition) is 2. The van der Waals surface area contributed by atoms with Gasteiger partial charge in [-0.05, 0) is 12.5 Å². The molecule has 0 radical (unpaired) electrons. The van der Waals surface area contributed by atoms with Crippen LogP contribution in [0.3, 0.4) is 0 Å². The molecule has 0 spiro atoms. The van der Waals surface area contributed by atoms with Gasteiger partial charge in [0.2, 0.25) is 0 Å². The Morgan fingerprint density at radius 2 is 1.94 bits per heavy atom. The van der Waals surface area contributed by atoms with Gasteiger partial charge in [0.05, 0.1) is 6.61 Å². The Morgan fingerprint density at radius 3 is 2.69 bits per heavy atom. The molecule has 2 N–H and O–H groups in total. The van der Waals surface area contributed by atoms with Gasteiger partial charge in [0.1, 0.15) is 0 Å². The van der Waals surface area contributed by atoms with Crippen molar-refractivity contribution < 1.29 is 14.9 Å². The summed E-state index contributed by atoms with van der Waals surface area (Å²) in [6.07, 6.45) is 4.68. The molecule has 0 heterocycles. The first kappa shape index (κ1) is 12.8. The number of ether oxygens (including phenoxy) is 1. The fourth-order valence-electron chi connectivity index (χ4n) is 1.51. The predicted octanol–water partition coefficient (Wildman–Crippen LogP) is 3.19. The van der Waals surface area contributed by atoms with Gasteiger partial charge in [0, 0.05) is 12.2 Å². The summed E-state index contributed by atoms with van der Waals surface area (Å²) in [6.45, 7) is 3.23. The highest BCUT2D eigenvalue weighted by Gasteiger charge is 2.04. The Kier molecular flexibility index (Phi) is 5.72. The van der Waals surface area contributed by atoms with Crippen molar-refractivity contribution in [1.29, 1.82) is 0 Å². The molecule has 16 heavy (non-hydrogen) atoms. The Labute approximate surface area is 96.7 Å². The number of aromatic hydroxyl groups is 2. The zero-order valence-corrected chi connectivity index (χ0v) is 9.78. The number of para-hydroxylation sites is 1. The lowest BCUT2D eigenvalue weighted by atomic mass is 10.2. The van der Waals surface area contributed by atoms with Gasteiger partial charge in [-0.25, -0.2) is 0 Å². The van der Waals surface area contributed by atoms with Crippen LogP contribution in [0, 0.1) is 0 Å². The third kappa shape index (κ3) is 4.11. The van der Waals surface area contributed by atoms with Gasteiger partial charge in [-0.2, -0.15) is 0 Å². The van der Waals surface area contributed by atoms with E-state index in [1.807, 2.05) is 0 Å². The molecule has 1 rings (SSSR count). The first-order valence-corrected chi connectivity index (χ1v) is 5.83. The lowest BCUT2D eigenvalue weighted by molar-refractivity contribution is 0.115. The molecule has 1 aromatic carbocycles. The third-order valence-electron chi connectivity index (χ3n) is 2.50. The van der Waals surface area contributed by atoms with E-state index >= 15 is 0 Å². The molecule has 0 saturated carbocycles. The van der Waals surface area contributed by atoms with Gasteiger partial charge < -0.3 is 14.9 Å².